The van der Waals surface area contributed by atoms with Crippen molar-refractivity contribution in [3.05, 3.63) is 11.3 Å². The van der Waals surface area contributed by atoms with Gasteiger partial charge in [0, 0.05) is 0 Å². The van der Waals surface area contributed by atoms with Crippen molar-refractivity contribution in [3.63, 3.8) is 0 Å². The van der Waals surface area contributed by atoms with Crippen molar-refractivity contribution in [2.24, 2.45) is 0 Å². The van der Waals surface area contributed by atoms with E-state index < -0.39 is 17.5 Å². The Hall–Kier alpha value is -1.32. The predicted octanol–water partition coefficient (Wildman–Crippen LogP) is -1.25. The number of rotatable bonds is 1. The summed E-state index contributed by atoms with van der Waals surface area (Å²) >= 11 is 0. The highest BCUT2D eigenvalue weighted by Gasteiger charge is 2.22. The molecule has 0 amide bonds. The van der Waals surface area contributed by atoms with Gasteiger partial charge in [-0.3, -0.25) is 4.79 Å². The summed E-state index contributed by atoms with van der Waals surface area (Å²) < 4.78 is 4.29. The Morgan fingerprint density at radius 2 is 2.30 bits per heavy atom. The van der Waals surface area contributed by atoms with Crippen LogP contribution >= 0.6 is 0 Å². The molecule has 1 aliphatic heterocycles. The van der Waals surface area contributed by atoms with Gasteiger partial charge in [0.2, 0.25) is 0 Å². The van der Waals surface area contributed by atoms with Gasteiger partial charge < -0.3 is 9.84 Å². The second-order valence-electron chi connectivity index (χ2n) is 1.93. The molecule has 4 nitrogen and oxygen atoms in total. The molecule has 0 aromatic carbocycles. The Morgan fingerprint density at radius 3 is 2.50 bits per heavy atom. The van der Waals surface area contributed by atoms with Crippen LogP contribution < -0.4 is 5.11 Å². The standard InChI is InChI=1S/C6H6O4/c1-3(7)5-4(8)2-10-6(5)9/h8H,2H2,1H3/p-1. The Morgan fingerprint density at radius 1 is 1.70 bits per heavy atom. The molecule has 0 fully saturated rings. The topological polar surface area (TPSA) is 66.4 Å². The summed E-state index contributed by atoms with van der Waals surface area (Å²) in [7, 11) is 0. The molecular weight excluding hydrogens is 136 g/mol. The van der Waals surface area contributed by atoms with Crippen LogP contribution in [0.2, 0.25) is 0 Å². The number of ketones is 1. The molecule has 4 heteroatoms. The van der Waals surface area contributed by atoms with Crippen molar-refractivity contribution < 1.29 is 19.4 Å². The predicted molar refractivity (Wildman–Crippen MR) is 28.7 cm³/mol. The Labute approximate surface area is 57.1 Å². The van der Waals surface area contributed by atoms with Gasteiger partial charge in [-0.1, -0.05) is 5.76 Å². The Balaban J connectivity index is 2.99. The summed E-state index contributed by atoms with van der Waals surface area (Å²) in [5.74, 6) is -1.83. The zero-order chi connectivity index (χ0) is 7.72. The minimum atomic E-state index is -0.794. The van der Waals surface area contributed by atoms with Crippen LogP contribution in [0.3, 0.4) is 0 Å². The summed E-state index contributed by atoms with van der Waals surface area (Å²) in [4.78, 5) is 21.0. The highest BCUT2D eigenvalue weighted by Crippen LogP contribution is 2.11. The third-order valence-corrected chi connectivity index (χ3v) is 1.17. The fraction of sp³-hybridized carbons (Fsp3) is 0.333. The molecular formula is C6H5O4-. The van der Waals surface area contributed by atoms with E-state index in [1.807, 2.05) is 0 Å². The van der Waals surface area contributed by atoms with Crippen LogP contribution in [0.25, 0.3) is 0 Å². The zero-order valence-corrected chi connectivity index (χ0v) is 5.34. The normalized spacial score (nSPS) is 17.5. The summed E-state index contributed by atoms with van der Waals surface area (Å²) in [6, 6.07) is 0. The van der Waals surface area contributed by atoms with Gasteiger partial charge in [-0.25, -0.2) is 4.79 Å². The summed E-state index contributed by atoms with van der Waals surface area (Å²) in [6.07, 6.45) is 0. The number of cyclic esters (lactones) is 1. The van der Waals surface area contributed by atoms with Gasteiger partial charge in [-0.15, -0.1) is 0 Å². The molecule has 0 aromatic heterocycles. The molecule has 0 atom stereocenters. The van der Waals surface area contributed by atoms with E-state index in [2.05, 4.69) is 4.74 Å². The van der Waals surface area contributed by atoms with Crippen molar-refractivity contribution in [1.82, 2.24) is 0 Å². The molecule has 0 aliphatic carbocycles. The van der Waals surface area contributed by atoms with E-state index in [1.165, 1.54) is 6.92 Å². The third kappa shape index (κ3) is 0.877. The largest absolute Gasteiger partial charge is 0.873 e. The smallest absolute Gasteiger partial charge is 0.341 e. The maximum absolute atomic E-state index is 10.6. The molecule has 1 heterocycles. The maximum Gasteiger partial charge on any atom is 0.341 e. The first-order chi connectivity index (χ1) is 4.63. The Bertz CT molecular complexity index is 226. The molecule has 0 saturated heterocycles. The van der Waals surface area contributed by atoms with Gasteiger partial charge in [-0.2, -0.15) is 0 Å². The fourth-order valence-corrected chi connectivity index (χ4v) is 0.729. The lowest BCUT2D eigenvalue weighted by Gasteiger charge is -2.01. The molecule has 1 aliphatic rings. The van der Waals surface area contributed by atoms with E-state index in [1.54, 1.807) is 0 Å². The van der Waals surface area contributed by atoms with Gasteiger partial charge >= 0.3 is 5.97 Å². The van der Waals surface area contributed by atoms with E-state index in [4.69, 9.17) is 0 Å². The van der Waals surface area contributed by atoms with E-state index in [-0.39, 0.29) is 12.2 Å². The lowest BCUT2D eigenvalue weighted by atomic mass is 10.2. The van der Waals surface area contributed by atoms with Gasteiger partial charge in [0.25, 0.3) is 0 Å². The first-order valence-corrected chi connectivity index (χ1v) is 2.71. The Kier molecular flexibility index (Phi) is 1.45. The van der Waals surface area contributed by atoms with Crippen LogP contribution in [0.15, 0.2) is 11.3 Å². The lowest BCUT2D eigenvalue weighted by Crippen LogP contribution is -2.11. The second kappa shape index (κ2) is 2.13. The zero-order valence-electron chi connectivity index (χ0n) is 5.34. The number of esters is 1. The van der Waals surface area contributed by atoms with Crippen LogP contribution in [0.1, 0.15) is 6.92 Å². The minimum absolute atomic E-state index is 0.284. The highest BCUT2D eigenvalue weighted by molar-refractivity contribution is 6.17. The van der Waals surface area contributed by atoms with Gasteiger partial charge in [-0.05, 0) is 6.92 Å². The number of carbonyl (C=O) groups is 2. The second-order valence-corrected chi connectivity index (χ2v) is 1.93. The van der Waals surface area contributed by atoms with E-state index in [9.17, 15) is 14.7 Å². The first-order valence-electron chi connectivity index (χ1n) is 2.71. The maximum atomic E-state index is 10.6. The minimum Gasteiger partial charge on any atom is -0.873 e. The summed E-state index contributed by atoms with van der Waals surface area (Å²) in [5, 5.41) is 10.6. The van der Waals surface area contributed by atoms with Crippen molar-refractivity contribution in [1.29, 1.82) is 0 Å². The number of Topliss-reactive ketones (excluding diaryl/α,β-unsaturated/α-hetero) is 1. The molecule has 54 valence electrons. The number of hydrogen-bond donors (Lipinski definition) is 0. The molecule has 10 heavy (non-hydrogen) atoms. The quantitative estimate of drug-likeness (QED) is 0.338. The van der Waals surface area contributed by atoms with Crippen LogP contribution in [-0.4, -0.2) is 18.4 Å². The number of hydrogen-bond acceptors (Lipinski definition) is 4. The number of ether oxygens (including phenoxy) is 1. The molecule has 0 aromatic rings. The van der Waals surface area contributed by atoms with Crippen molar-refractivity contribution in [3.8, 4) is 0 Å². The summed E-state index contributed by atoms with van der Waals surface area (Å²) in [5.41, 5.74) is -0.333. The average molecular weight is 141 g/mol. The monoisotopic (exact) mass is 141 g/mol. The SMILES string of the molecule is CC(=O)C1=C([O-])COC1=O. The van der Waals surface area contributed by atoms with Crippen molar-refractivity contribution >= 4 is 11.8 Å². The molecule has 0 saturated carbocycles. The van der Waals surface area contributed by atoms with Gasteiger partial charge in [0.15, 0.2) is 5.78 Å². The van der Waals surface area contributed by atoms with E-state index in [0.29, 0.717) is 0 Å². The van der Waals surface area contributed by atoms with Crippen molar-refractivity contribution in [2.75, 3.05) is 6.61 Å². The van der Waals surface area contributed by atoms with Crippen LogP contribution in [0, 0.1) is 0 Å². The molecule has 0 spiro atoms. The van der Waals surface area contributed by atoms with E-state index >= 15 is 0 Å². The molecule has 1 rings (SSSR count). The lowest BCUT2D eigenvalue weighted by molar-refractivity contribution is -0.308. The van der Waals surface area contributed by atoms with Crippen LogP contribution in [-0.2, 0) is 14.3 Å². The van der Waals surface area contributed by atoms with Gasteiger partial charge in [0.05, 0.1) is 5.57 Å². The molecule has 0 radical (unpaired) electrons. The number of carbonyl (C=O) groups excluding carboxylic acids is 2. The first kappa shape index (κ1) is 6.80. The van der Waals surface area contributed by atoms with Crippen LogP contribution in [0.4, 0.5) is 0 Å². The van der Waals surface area contributed by atoms with E-state index in [0.717, 1.165) is 0 Å². The van der Waals surface area contributed by atoms with Crippen molar-refractivity contribution in [2.45, 2.75) is 6.92 Å². The molecule has 0 N–H and O–H groups in total. The average Bonchev–Trinajstić information content (AvgIpc) is 2.11. The third-order valence-electron chi connectivity index (χ3n) is 1.17. The highest BCUT2D eigenvalue weighted by atomic mass is 16.5. The van der Waals surface area contributed by atoms with Crippen LogP contribution in [0.5, 0.6) is 0 Å². The van der Waals surface area contributed by atoms with Gasteiger partial charge in [0.1, 0.15) is 6.61 Å². The summed E-state index contributed by atoms with van der Waals surface area (Å²) in [6.45, 7) is 0.882. The molecule has 0 bridgehead atoms. The fourth-order valence-electron chi connectivity index (χ4n) is 0.729. The molecule has 0 unspecified atom stereocenters.